The number of likely N-dealkylation sites (tertiary alicyclic amines) is 1. The molecule has 2 heterocycles. The summed E-state index contributed by atoms with van der Waals surface area (Å²) in [6.45, 7) is 4.26. The minimum atomic E-state index is -0.0466. The molecule has 5 N–H and O–H groups in total. The van der Waals surface area contributed by atoms with Crippen LogP contribution in [0.1, 0.15) is 35.9 Å². The zero-order chi connectivity index (χ0) is 13.8. The minimum absolute atomic E-state index is 0.0466. The van der Waals surface area contributed by atoms with Crippen LogP contribution in [0, 0.1) is 0 Å². The summed E-state index contributed by atoms with van der Waals surface area (Å²) in [7, 11) is 0. The molecule has 0 aliphatic carbocycles. The maximum atomic E-state index is 12.4. The summed E-state index contributed by atoms with van der Waals surface area (Å²) in [5, 5.41) is 3.87. The Morgan fingerprint density at radius 1 is 1.63 bits per heavy atom. The average Bonchev–Trinajstić information content (AvgIpc) is 2.76. The van der Waals surface area contributed by atoms with E-state index >= 15 is 0 Å². The van der Waals surface area contributed by atoms with Gasteiger partial charge >= 0.3 is 0 Å². The number of anilines is 2. The number of piperidine rings is 1. The highest BCUT2D eigenvalue weighted by Gasteiger charge is 2.26. The second-order valence-electron chi connectivity index (χ2n) is 4.81. The molecule has 1 aliphatic heterocycles. The molecule has 1 aromatic rings. The zero-order valence-electron chi connectivity index (χ0n) is 11.2. The molecule has 1 atom stereocenters. The van der Waals surface area contributed by atoms with Gasteiger partial charge in [-0.25, -0.2) is 4.98 Å². The van der Waals surface area contributed by atoms with E-state index in [2.05, 4.69) is 17.2 Å². The van der Waals surface area contributed by atoms with Crippen molar-refractivity contribution in [2.45, 2.75) is 32.2 Å². The van der Waals surface area contributed by atoms with Gasteiger partial charge in [0.2, 0.25) is 0 Å². The molecule has 19 heavy (non-hydrogen) atoms. The van der Waals surface area contributed by atoms with E-state index in [1.54, 1.807) is 4.90 Å². The topological polar surface area (TPSA) is 97.3 Å². The third kappa shape index (κ3) is 3.36. The molecule has 1 unspecified atom stereocenters. The van der Waals surface area contributed by atoms with E-state index in [0.29, 0.717) is 22.4 Å². The highest BCUT2D eigenvalue weighted by Crippen LogP contribution is 2.27. The van der Waals surface area contributed by atoms with Crippen LogP contribution in [0.15, 0.2) is 0 Å². The lowest BCUT2D eigenvalue weighted by atomic mass is 10.1. The van der Waals surface area contributed by atoms with Crippen molar-refractivity contribution in [3.05, 3.63) is 4.88 Å². The number of thiazole rings is 1. The van der Waals surface area contributed by atoms with E-state index in [1.807, 2.05) is 0 Å². The summed E-state index contributed by atoms with van der Waals surface area (Å²) < 4.78 is 0. The molecule has 2 rings (SSSR count). The summed E-state index contributed by atoms with van der Waals surface area (Å²) in [6, 6.07) is 0.0736. The predicted molar refractivity (Wildman–Crippen MR) is 78.4 cm³/mol. The number of nitrogens with one attached hydrogen (secondary N) is 1. The quantitative estimate of drug-likeness (QED) is 0.769. The first-order valence-corrected chi connectivity index (χ1v) is 7.48. The van der Waals surface area contributed by atoms with E-state index in [9.17, 15) is 4.79 Å². The smallest absolute Gasteiger partial charge is 0.267 e. The molecule has 6 nitrogen and oxygen atoms in total. The molecule has 0 radical (unpaired) electrons. The largest absolute Gasteiger partial charge is 0.382 e. The van der Waals surface area contributed by atoms with Crippen molar-refractivity contribution in [3.8, 4) is 0 Å². The third-order valence-electron chi connectivity index (χ3n) is 3.12. The summed E-state index contributed by atoms with van der Waals surface area (Å²) >= 11 is 1.32. The van der Waals surface area contributed by atoms with E-state index in [4.69, 9.17) is 11.5 Å². The first-order chi connectivity index (χ1) is 9.11. The Morgan fingerprint density at radius 2 is 2.42 bits per heavy atom. The average molecular weight is 283 g/mol. The van der Waals surface area contributed by atoms with Crippen LogP contribution in [-0.4, -0.2) is 41.5 Å². The Kier molecular flexibility index (Phi) is 4.60. The number of carbonyl (C=O) groups is 1. The van der Waals surface area contributed by atoms with Crippen molar-refractivity contribution in [2.24, 2.45) is 5.73 Å². The monoisotopic (exact) mass is 283 g/mol. The van der Waals surface area contributed by atoms with Gasteiger partial charge in [0.15, 0.2) is 5.13 Å². The predicted octanol–water partition coefficient (Wildman–Crippen LogP) is 1.11. The number of nitrogens with two attached hydrogens (primary N) is 2. The van der Waals surface area contributed by atoms with Crippen LogP contribution in [0.5, 0.6) is 0 Å². The van der Waals surface area contributed by atoms with Crippen molar-refractivity contribution in [3.63, 3.8) is 0 Å². The van der Waals surface area contributed by atoms with Gasteiger partial charge in [0.05, 0.1) is 0 Å². The second kappa shape index (κ2) is 6.21. The van der Waals surface area contributed by atoms with Gasteiger partial charge in [-0.15, -0.1) is 0 Å². The summed E-state index contributed by atoms with van der Waals surface area (Å²) in [4.78, 5) is 18.9. The van der Waals surface area contributed by atoms with Crippen molar-refractivity contribution in [2.75, 3.05) is 30.7 Å². The number of hydrogen-bond acceptors (Lipinski definition) is 6. The van der Waals surface area contributed by atoms with E-state index < -0.39 is 0 Å². The highest BCUT2D eigenvalue weighted by molar-refractivity contribution is 7.18. The van der Waals surface area contributed by atoms with Gasteiger partial charge in [0, 0.05) is 25.7 Å². The molecular formula is C12H21N5OS. The van der Waals surface area contributed by atoms with Gasteiger partial charge in [-0.2, -0.15) is 0 Å². The molecule has 0 saturated carbocycles. The number of aromatic nitrogens is 1. The SMILES string of the molecule is CCCNc1nc(N)c(C(=O)N2CCCC(N)C2)s1. The van der Waals surface area contributed by atoms with Crippen molar-refractivity contribution >= 4 is 28.2 Å². The maximum Gasteiger partial charge on any atom is 0.267 e. The van der Waals surface area contributed by atoms with E-state index in [1.165, 1.54) is 11.3 Å². The molecule has 1 fully saturated rings. The normalized spacial score (nSPS) is 19.5. The molecule has 106 valence electrons. The second-order valence-corrected chi connectivity index (χ2v) is 5.81. The molecule has 1 aromatic heterocycles. The minimum Gasteiger partial charge on any atom is -0.382 e. The lowest BCUT2D eigenvalue weighted by molar-refractivity contribution is 0.0714. The van der Waals surface area contributed by atoms with Gasteiger partial charge in [-0.3, -0.25) is 4.79 Å². The van der Waals surface area contributed by atoms with Gasteiger partial charge in [-0.1, -0.05) is 18.3 Å². The fraction of sp³-hybridized carbons (Fsp3) is 0.667. The number of hydrogen-bond donors (Lipinski definition) is 3. The van der Waals surface area contributed by atoms with Crippen LogP contribution in [0.3, 0.4) is 0 Å². The molecule has 1 amide bonds. The summed E-state index contributed by atoms with van der Waals surface area (Å²) in [5.74, 6) is 0.266. The number of nitrogen functional groups attached to an aromatic ring is 1. The summed E-state index contributed by atoms with van der Waals surface area (Å²) in [6.07, 6.45) is 2.93. The molecule has 1 saturated heterocycles. The third-order valence-corrected chi connectivity index (χ3v) is 4.14. The fourth-order valence-corrected chi connectivity index (χ4v) is 3.01. The van der Waals surface area contributed by atoms with Crippen molar-refractivity contribution in [1.29, 1.82) is 0 Å². The summed E-state index contributed by atoms with van der Waals surface area (Å²) in [5.41, 5.74) is 11.7. The number of rotatable bonds is 4. The van der Waals surface area contributed by atoms with Gasteiger partial charge in [0.1, 0.15) is 10.7 Å². The molecule has 1 aliphatic rings. The highest BCUT2D eigenvalue weighted by atomic mass is 32.1. The first-order valence-electron chi connectivity index (χ1n) is 6.66. The molecule has 0 spiro atoms. The Bertz CT molecular complexity index is 447. The molecule has 0 aromatic carbocycles. The fourth-order valence-electron chi connectivity index (χ4n) is 2.13. The van der Waals surface area contributed by atoms with E-state index in [-0.39, 0.29) is 11.9 Å². The molecule has 0 bridgehead atoms. The Hall–Kier alpha value is -1.34. The van der Waals surface area contributed by atoms with Crippen molar-refractivity contribution < 1.29 is 4.79 Å². The van der Waals surface area contributed by atoms with Crippen LogP contribution in [-0.2, 0) is 0 Å². The lowest BCUT2D eigenvalue weighted by Gasteiger charge is -2.30. The van der Waals surface area contributed by atoms with Gasteiger partial charge < -0.3 is 21.7 Å². The Labute approximate surface area is 117 Å². The van der Waals surface area contributed by atoms with Gasteiger partial charge in [0.25, 0.3) is 5.91 Å². The zero-order valence-corrected chi connectivity index (χ0v) is 12.0. The maximum absolute atomic E-state index is 12.4. The first kappa shape index (κ1) is 14.1. The molecule has 7 heteroatoms. The van der Waals surface area contributed by atoms with E-state index in [0.717, 1.165) is 32.4 Å². The number of amides is 1. The molecular weight excluding hydrogens is 262 g/mol. The van der Waals surface area contributed by atoms with Crippen LogP contribution in [0.4, 0.5) is 10.9 Å². The van der Waals surface area contributed by atoms with Crippen LogP contribution in [0.25, 0.3) is 0 Å². The Morgan fingerprint density at radius 3 is 3.11 bits per heavy atom. The lowest BCUT2D eigenvalue weighted by Crippen LogP contribution is -2.45. The number of nitrogens with zero attached hydrogens (tertiary/aromatic N) is 2. The van der Waals surface area contributed by atoms with Gasteiger partial charge in [-0.05, 0) is 19.3 Å². The van der Waals surface area contributed by atoms with Crippen LogP contribution < -0.4 is 16.8 Å². The van der Waals surface area contributed by atoms with Crippen LogP contribution >= 0.6 is 11.3 Å². The standard InChI is InChI=1S/C12H21N5OS/c1-2-5-15-12-16-10(14)9(19-12)11(18)17-6-3-4-8(13)7-17/h8H,2-7,13-14H2,1H3,(H,15,16). The number of carbonyl (C=O) groups excluding carboxylic acids is 1. The van der Waals surface area contributed by atoms with Crippen LogP contribution in [0.2, 0.25) is 0 Å². The van der Waals surface area contributed by atoms with Crippen molar-refractivity contribution in [1.82, 2.24) is 9.88 Å². The Balaban J connectivity index is 2.07.